The number of oxazole rings is 1. The number of halogens is 3. The normalized spacial score (nSPS) is 18.8. The average molecular weight is 435 g/mol. The molecule has 2 aromatic heterocycles. The molecule has 1 amide bonds. The minimum Gasteiger partial charge on any atom is -0.432 e. The molecule has 1 aromatic carbocycles. The van der Waals surface area contributed by atoms with Crippen LogP contribution >= 0.6 is 0 Å². The summed E-state index contributed by atoms with van der Waals surface area (Å²) in [6, 6.07) is 7.26. The Kier molecular flexibility index (Phi) is 5.68. The monoisotopic (exact) mass is 435 g/mol. The van der Waals surface area contributed by atoms with Crippen molar-refractivity contribution in [3.63, 3.8) is 0 Å². The van der Waals surface area contributed by atoms with E-state index in [1.165, 1.54) is 24.4 Å². The Bertz CT molecular complexity index is 1060. The van der Waals surface area contributed by atoms with Crippen molar-refractivity contribution in [1.29, 1.82) is 0 Å². The lowest BCUT2D eigenvalue weighted by molar-refractivity contribution is -0.274. The Morgan fingerprint density at radius 1 is 1.39 bits per heavy atom. The number of amides is 1. The van der Waals surface area contributed by atoms with E-state index in [9.17, 15) is 18.0 Å². The molecule has 2 atom stereocenters. The molecule has 4 rings (SSSR count). The zero-order valence-corrected chi connectivity index (χ0v) is 16.5. The quantitative estimate of drug-likeness (QED) is 0.619. The van der Waals surface area contributed by atoms with Gasteiger partial charge >= 0.3 is 12.3 Å². The largest absolute Gasteiger partial charge is 0.573 e. The van der Waals surface area contributed by atoms with Crippen molar-refractivity contribution in [3.8, 4) is 17.1 Å². The van der Waals surface area contributed by atoms with Gasteiger partial charge in [-0.2, -0.15) is 5.10 Å². The van der Waals surface area contributed by atoms with E-state index in [2.05, 4.69) is 25.5 Å². The van der Waals surface area contributed by atoms with Gasteiger partial charge < -0.3 is 19.8 Å². The van der Waals surface area contributed by atoms with Crippen LogP contribution in [0, 0.1) is 6.92 Å². The summed E-state index contributed by atoms with van der Waals surface area (Å²) >= 11 is 0. The van der Waals surface area contributed by atoms with Gasteiger partial charge in [0.05, 0.1) is 18.4 Å². The van der Waals surface area contributed by atoms with Crippen LogP contribution in [0.5, 0.6) is 5.75 Å². The van der Waals surface area contributed by atoms with E-state index in [-0.39, 0.29) is 29.5 Å². The zero-order valence-electron chi connectivity index (χ0n) is 16.5. The lowest BCUT2D eigenvalue weighted by atomic mass is 10.1. The van der Waals surface area contributed by atoms with Crippen molar-refractivity contribution in [1.82, 2.24) is 25.4 Å². The summed E-state index contributed by atoms with van der Waals surface area (Å²) < 4.78 is 48.4. The third kappa shape index (κ3) is 5.43. The fraction of sp³-hybridized carbons (Fsp3) is 0.350. The second-order valence-corrected chi connectivity index (χ2v) is 7.30. The van der Waals surface area contributed by atoms with Gasteiger partial charge in [-0.05, 0) is 31.5 Å². The van der Waals surface area contributed by atoms with Crippen molar-refractivity contribution in [2.75, 3.05) is 6.54 Å². The van der Waals surface area contributed by atoms with Crippen LogP contribution in [0.15, 0.2) is 47.1 Å². The first-order valence-corrected chi connectivity index (χ1v) is 9.61. The standard InChI is InChI=1S/C20H20F3N5O3/c1-12-5-6-28(27-12)11-15-8-14(9-24-15)26-18(29)19-25-10-17(30-19)13-3-2-4-16(7-13)31-20(21,22)23/h2-7,10,14-15,24H,8-9,11H2,1H3,(H,26,29)/t14-,15+/m1/s1. The number of alkyl halides is 3. The van der Waals surface area contributed by atoms with Crippen LogP contribution in [-0.4, -0.2) is 45.7 Å². The summed E-state index contributed by atoms with van der Waals surface area (Å²) in [5, 5.41) is 10.6. The van der Waals surface area contributed by atoms with Gasteiger partial charge in [-0.1, -0.05) is 12.1 Å². The SMILES string of the molecule is Cc1ccn(C[C@@H]2C[C@@H](NC(=O)c3ncc(-c4cccc(OC(F)(F)F)c4)o3)CN2)n1. The number of nitrogens with one attached hydrogen (secondary N) is 2. The fourth-order valence-electron chi connectivity index (χ4n) is 3.46. The molecule has 0 unspecified atom stereocenters. The van der Waals surface area contributed by atoms with Gasteiger partial charge in [0.1, 0.15) is 5.75 Å². The first kappa shape index (κ1) is 20.9. The third-order valence-electron chi connectivity index (χ3n) is 4.79. The van der Waals surface area contributed by atoms with Gasteiger partial charge in [-0.25, -0.2) is 4.98 Å². The fourth-order valence-corrected chi connectivity index (χ4v) is 3.46. The number of benzene rings is 1. The number of ether oxygens (including phenoxy) is 1. The second-order valence-electron chi connectivity index (χ2n) is 7.30. The number of nitrogens with zero attached hydrogens (tertiary/aromatic N) is 3. The molecule has 0 aliphatic carbocycles. The highest BCUT2D eigenvalue weighted by atomic mass is 19.4. The van der Waals surface area contributed by atoms with Gasteiger partial charge in [-0.15, -0.1) is 13.2 Å². The third-order valence-corrected chi connectivity index (χ3v) is 4.79. The molecule has 3 heterocycles. The molecule has 0 saturated carbocycles. The van der Waals surface area contributed by atoms with Crippen LogP contribution in [0.25, 0.3) is 11.3 Å². The molecule has 164 valence electrons. The first-order valence-electron chi connectivity index (χ1n) is 9.61. The molecule has 1 aliphatic heterocycles. The van der Waals surface area contributed by atoms with Crippen LogP contribution in [0.3, 0.4) is 0 Å². The highest BCUT2D eigenvalue weighted by molar-refractivity contribution is 5.90. The van der Waals surface area contributed by atoms with E-state index >= 15 is 0 Å². The van der Waals surface area contributed by atoms with Crippen LogP contribution in [-0.2, 0) is 6.54 Å². The molecule has 0 spiro atoms. The van der Waals surface area contributed by atoms with E-state index in [0.29, 0.717) is 18.7 Å². The molecule has 3 aromatic rings. The van der Waals surface area contributed by atoms with Crippen molar-refractivity contribution in [2.24, 2.45) is 0 Å². The van der Waals surface area contributed by atoms with Gasteiger partial charge in [0.15, 0.2) is 5.76 Å². The minimum atomic E-state index is -4.80. The molecule has 1 saturated heterocycles. The molecule has 0 radical (unpaired) electrons. The van der Waals surface area contributed by atoms with E-state index in [1.807, 2.05) is 23.9 Å². The Morgan fingerprint density at radius 2 is 2.23 bits per heavy atom. The van der Waals surface area contributed by atoms with E-state index in [1.54, 1.807) is 0 Å². The van der Waals surface area contributed by atoms with E-state index < -0.39 is 12.3 Å². The number of rotatable bonds is 6. The average Bonchev–Trinajstić information content (AvgIpc) is 3.42. The highest BCUT2D eigenvalue weighted by Crippen LogP contribution is 2.28. The molecule has 11 heteroatoms. The Balaban J connectivity index is 1.35. The predicted octanol–water partition coefficient (Wildman–Crippen LogP) is 2.91. The highest BCUT2D eigenvalue weighted by Gasteiger charge is 2.31. The van der Waals surface area contributed by atoms with E-state index in [0.717, 1.165) is 18.2 Å². The van der Waals surface area contributed by atoms with Gasteiger partial charge in [0, 0.05) is 30.4 Å². The lowest BCUT2D eigenvalue weighted by Crippen LogP contribution is -2.36. The minimum absolute atomic E-state index is 0.104. The Morgan fingerprint density at radius 3 is 2.97 bits per heavy atom. The van der Waals surface area contributed by atoms with Crippen LogP contribution < -0.4 is 15.4 Å². The predicted molar refractivity (Wildman–Crippen MR) is 103 cm³/mol. The summed E-state index contributed by atoms with van der Waals surface area (Å²) in [7, 11) is 0. The zero-order chi connectivity index (χ0) is 22.0. The molecule has 2 N–H and O–H groups in total. The first-order chi connectivity index (χ1) is 14.7. The van der Waals surface area contributed by atoms with Crippen molar-refractivity contribution < 1.29 is 27.1 Å². The summed E-state index contributed by atoms with van der Waals surface area (Å²) in [5.41, 5.74) is 1.25. The lowest BCUT2D eigenvalue weighted by Gasteiger charge is -2.11. The number of carbonyl (C=O) groups excluding carboxylic acids is 1. The topological polar surface area (TPSA) is 94.2 Å². The second kappa shape index (κ2) is 8.42. The molecular weight excluding hydrogens is 415 g/mol. The summed E-state index contributed by atoms with van der Waals surface area (Å²) in [6.07, 6.45) is -0.882. The number of aromatic nitrogens is 3. The molecule has 1 aliphatic rings. The van der Waals surface area contributed by atoms with E-state index in [4.69, 9.17) is 4.42 Å². The van der Waals surface area contributed by atoms with Crippen LogP contribution in [0.4, 0.5) is 13.2 Å². The van der Waals surface area contributed by atoms with Gasteiger partial charge in [0.25, 0.3) is 5.89 Å². The van der Waals surface area contributed by atoms with Crippen molar-refractivity contribution in [3.05, 3.63) is 54.3 Å². The summed E-state index contributed by atoms with van der Waals surface area (Å²) in [4.78, 5) is 16.4. The van der Waals surface area contributed by atoms with Crippen LogP contribution in [0.2, 0.25) is 0 Å². The van der Waals surface area contributed by atoms with Gasteiger partial charge in [0.2, 0.25) is 0 Å². The van der Waals surface area contributed by atoms with Crippen molar-refractivity contribution >= 4 is 5.91 Å². The molecule has 8 nitrogen and oxygen atoms in total. The molecule has 0 bridgehead atoms. The van der Waals surface area contributed by atoms with Gasteiger partial charge in [-0.3, -0.25) is 9.48 Å². The molecule has 31 heavy (non-hydrogen) atoms. The van der Waals surface area contributed by atoms with Crippen LogP contribution in [0.1, 0.15) is 22.8 Å². The number of hydrogen-bond donors (Lipinski definition) is 2. The number of aryl methyl sites for hydroxylation is 1. The summed E-state index contributed by atoms with van der Waals surface area (Å²) in [6.45, 7) is 3.21. The molecular formula is C20H20F3N5O3. The smallest absolute Gasteiger partial charge is 0.432 e. The molecule has 1 fully saturated rings. The Hall–Kier alpha value is -3.34. The van der Waals surface area contributed by atoms with Crippen molar-refractivity contribution in [2.45, 2.75) is 38.3 Å². The summed E-state index contributed by atoms with van der Waals surface area (Å²) in [5.74, 6) is -0.878. The maximum absolute atomic E-state index is 12.5. The maximum atomic E-state index is 12.5. The Labute approximate surface area is 175 Å². The number of hydrogen-bond acceptors (Lipinski definition) is 6. The maximum Gasteiger partial charge on any atom is 0.573 e. The number of carbonyl (C=O) groups is 1.